The zero-order valence-electron chi connectivity index (χ0n) is 2.21. The molecular weight excluding hydrogens is 116 g/mol. The molecule has 0 heterocycles. The molecule has 4 heteroatoms. The summed E-state index contributed by atoms with van der Waals surface area (Å²) >= 11 is 8.81. The lowest BCUT2D eigenvalue weighted by atomic mass is 11.4. The molecule has 0 aromatic heterocycles. The molecule has 0 fully saturated rings. The maximum absolute atomic E-state index is 11.0. The first-order valence-corrected chi connectivity index (χ1v) is 1.61. The Hall–Kier alpha value is 0.470. The summed E-state index contributed by atoms with van der Waals surface area (Å²) in [5.41, 5.74) is 4.22. The van der Waals surface area contributed by atoms with Crippen LogP contribution in [0.15, 0.2) is 0 Å². The second-order valence-corrected chi connectivity index (χ2v) is 1.84. The van der Waals surface area contributed by atoms with Crippen molar-refractivity contribution in [1.29, 1.82) is 0 Å². The Labute approximate surface area is 38.9 Å². The molecule has 2 N–H and O–H groups in total. The number of hydrogen-bond donors (Lipinski definition) is 1. The average molecular weight is 118 g/mol. The van der Waals surface area contributed by atoms with Crippen LogP contribution in [0.2, 0.25) is 0 Å². The Balaban J connectivity index is 3.02. The van der Waals surface area contributed by atoms with E-state index in [1.165, 1.54) is 0 Å². The van der Waals surface area contributed by atoms with Gasteiger partial charge in [0.1, 0.15) is 0 Å². The van der Waals surface area contributed by atoms with Crippen molar-refractivity contribution in [2.24, 2.45) is 5.73 Å². The smallest absolute Gasteiger partial charge is 0.273 e. The highest BCUT2D eigenvalue weighted by atomic mass is 35.5. The van der Waals surface area contributed by atoms with Gasteiger partial charge in [0.05, 0.1) is 0 Å². The monoisotopic (exact) mass is 117 g/mol. The first-order valence-electron chi connectivity index (χ1n) is 0.856. The first kappa shape index (κ1) is 5.47. The van der Waals surface area contributed by atoms with Crippen molar-refractivity contribution in [3.8, 4) is 0 Å². The highest BCUT2D eigenvalue weighted by Gasteiger charge is 2.10. The largest absolute Gasteiger partial charge is 0.311 e. The molecule has 0 saturated heterocycles. The predicted molar refractivity (Wildman–Crippen MR) is 19.7 cm³/mol. The van der Waals surface area contributed by atoms with Crippen LogP contribution in [0, 0.1) is 0 Å². The molecular formula is CH2Cl2FN. The summed E-state index contributed by atoms with van der Waals surface area (Å²) in [4.78, 5) is 0. The molecule has 5 heavy (non-hydrogen) atoms. The second-order valence-electron chi connectivity index (χ2n) is 0.542. The van der Waals surface area contributed by atoms with E-state index >= 15 is 0 Å². The van der Waals surface area contributed by atoms with Crippen molar-refractivity contribution in [1.82, 2.24) is 0 Å². The third kappa shape index (κ3) is 123. The van der Waals surface area contributed by atoms with Gasteiger partial charge in [-0.3, -0.25) is 5.73 Å². The van der Waals surface area contributed by atoms with Crippen molar-refractivity contribution < 1.29 is 4.39 Å². The Morgan fingerprint density at radius 2 is 1.60 bits per heavy atom. The van der Waals surface area contributed by atoms with Crippen molar-refractivity contribution in [3.63, 3.8) is 0 Å². The van der Waals surface area contributed by atoms with Crippen molar-refractivity contribution >= 4 is 23.2 Å². The topological polar surface area (TPSA) is 26.0 Å². The minimum atomic E-state index is -2.56. The van der Waals surface area contributed by atoms with Crippen LogP contribution in [0.5, 0.6) is 0 Å². The van der Waals surface area contributed by atoms with Gasteiger partial charge in [0.15, 0.2) is 0 Å². The molecule has 1 nitrogen and oxygen atoms in total. The normalized spacial score (nSPS) is 12.0. The molecule has 0 radical (unpaired) electrons. The first-order chi connectivity index (χ1) is 2.00. The predicted octanol–water partition coefficient (Wildman–Crippen LogP) is 1.00. The molecule has 0 atom stereocenters. The van der Waals surface area contributed by atoms with Gasteiger partial charge in [-0.05, 0) is 23.2 Å². The maximum atomic E-state index is 11.0. The SMILES string of the molecule is NC(F)(Cl)Cl. The molecule has 0 bridgehead atoms. The van der Waals surface area contributed by atoms with Crippen molar-refractivity contribution in [2.75, 3.05) is 0 Å². The van der Waals surface area contributed by atoms with Crippen LogP contribution in [0.3, 0.4) is 0 Å². The summed E-state index contributed by atoms with van der Waals surface area (Å²) in [5.74, 6) is 0. The quantitative estimate of drug-likeness (QED) is 0.372. The highest BCUT2D eigenvalue weighted by Crippen LogP contribution is 2.11. The van der Waals surface area contributed by atoms with E-state index in [9.17, 15) is 4.39 Å². The van der Waals surface area contributed by atoms with Gasteiger partial charge >= 0.3 is 4.71 Å². The van der Waals surface area contributed by atoms with E-state index in [2.05, 4.69) is 28.9 Å². The van der Waals surface area contributed by atoms with Gasteiger partial charge in [-0.25, -0.2) is 0 Å². The van der Waals surface area contributed by atoms with Gasteiger partial charge in [-0.1, -0.05) is 0 Å². The fourth-order valence-corrected chi connectivity index (χ4v) is 0. The van der Waals surface area contributed by atoms with Gasteiger partial charge < -0.3 is 0 Å². The van der Waals surface area contributed by atoms with Crippen LogP contribution in [0.25, 0.3) is 0 Å². The van der Waals surface area contributed by atoms with E-state index in [1.54, 1.807) is 0 Å². The average Bonchev–Trinajstić information content (AvgIpc) is 0.722. The molecule has 0 aliphatic heterocycles. The van der Waals surface area contributed by atoms with Gasteiger partial charge in [0, 0.05) is 0 Å². The number of halogens is 3. The fraction of sp³-hybridized carbons (Fsp3) is 1.00. The molecule has 0 rings (SSSR count). The van der Waals surface area contributed by atoms with E-state index in [0.29, 0.717) is 0 Å². The second kappa shape index (κ2) is 1.29. The van der Waals surface area contributed by atoms with E-state index in [0.717, 1.165) is 0 Å². The van der Waals surface area contributed by atoms with Crippen LogP contribution in [0.1, 0.15) is 0 Å². The van der Waals surface area contributed by atoms with Crippen LogP contribution in [-0.2, 0) is 0 Å². The fourth-order valence-electron chi connectivity index (χ4n) is 0. The molecule has 0 unspecified atom stereocenters. The number of hydrogen-bond acceptors (Lipinski definition) is 1. The highest BCUT2D eigenvalue weighted by molar-refractivity contribution is 6.46. The zero-order chi connectivity index (χ0) is 4.50. The van der Waals surface area contributed by atoms with Gasteiger partial charge in [-0.15, -0.1) is 0 Å². The lowest BCUT2D eigenvalue weighted by Crippen LogP contribution is -2.16. The van der Waals surface area contributed by atoms with E-state index in [-0.39, 0.29) is 0 Å². The summed E-state index contributed by atoms with van der Waals surface area (Å²) in [6.07, 6.45) is 0. The van der Waals surface area contributed by atoms with Crippen LogP contribution in [0.4, 0.5) is 4.39 Å². The maximum Gasteiger partial charge on any atom is 0.311 e. The molecule has 0 spiro atoms. The van der Waals surface area contributed by atoms with Crippen molar-refractivity contribution in [3.05, 3.63) is 0 Å². The molecule has 0 aliphatic carbocycles. The number of rotatable bonds is 0. The summed E-state index contributed by atoms with van der Waals surface area (Å²) in [6, 6.07) is 0. The van der Waals surface area contributed by atoms with Crippen LogP contribution in [-0.4, -0.2) is 4.71 Å². The molecule has 0 saturated carbocycles. The summed E-state index contributed by atoms with van der Waals surface area (Å²) in [5, 5.41) is 0. The molecule has 32 valence electrons. The van der Waals surface area contributed by atoms with E-state index < -0.39 is 4.71 Å². The minimum Gasteiger partial charge on any atom is -0.273 e. The molecule has 0 aromatic carbocycles. The van der Waals surface area contributed by atoms with E-state index in [4.69, 9.17) is 0 Å². The lowest BCUT2D eigenvalue weighted by Gasteiger charge is -1.93. The van der Waals surface area contributed by atoms with Crippen molar-refractivity contribution in [2.45, 2.75) is 4.71 Å². The third-order valence-electron chi connectivity index (χ3n) is 0. The van der Waals surface area contributed by atoms with Gasteiger partial charge in [0.25, 0.3) is 0 Å². The standard InChI is InChI=1S/CH2Cl2FN/c2-1(3,4)5/h5H2. The number of nitrogens with two attached hydrogens (primary N) is 1. The molecule has 0 aliphatic rings. The summed E-state index contributed by atoms with van der Waals surface area (Å²) in [6.45, 7) is 0. The third-order valence-corrected chi connectivity index (χ3v) is 0. The van der Waals surface area contributed by atoms with E-state index in [1.807, 2.05) is 0 Å². The Morgan fingerprint density at radius 3 is 1.60 bits per heavy atom. The Morgan fingerprint density at radius 1 is 1.60 bits per heavy atom. The van der Waals surface area contributed by atoms with Gasteiger partial charge in [-0.2, -0.15) is 4.39 Å². The van der Waals surface area contributed by atoms with Gasteiger partial charge in [0.2, 0.25) is 0 Å². The Bertz CT molecular complexity index is 25.1. The number of alkyl halides is 3. The lowest BCUT2D eigenvalue weighted by molar-refractivity contribution is 0.405. The van der Waals surface area contributed by atoms with Crippen LogP contribution >= 0.6 is 23.2 Å². The summed E-state index contributed by atoms with van der Waals surface area (Å²) in [7, 11) is 0. The van der Waals surface area contributed by atoms with Crippen LogP contribution < -0.4 is 5.73 Å². The molecule has 0 aromatic rings. The molecule has 0 amide bonds. The summed E-state index contributed by atoms with van der Waals surface area (Å²) < 4.78 is 8.44. The minimum absolute atomic E-state index is 2.56. The zero-order valence-corrected chi connectivity index (χ0v) is 3.72. The Kier molecular flexibility index (Phi) is 1.41.